The molecule has 0 bridgehead atoms. The normalized spacial score (nSPS) is 15.6. The van der Waals surface area contributed by atoms with Crippen LogP contribution in [-0.4, -0.2) is 30.3 Å². The first-order valence-electron chi connectivity index (χ1n) is 8.51. The SMILES string of the molecule is COc1cccc(Oc2ccc(C3CC(=O)Nc4n[nH]cc43)cc2OC)c1. The van der Waals surface area contributed by atoms with Crippen molar-refractivity contribution in [1.82, 2.24) is 10.2 Å². The smallest absolute Gasteiger partial charge is 0.226 e. The number of rotatable bonds is 5. The summed E-state index contributed by atoms with van der Waals surface area (Å²) in [7, 11) is 3.20. The number of ether oxygens (including phenoxy) is 3. The monoisotopic (exact) mass is 365 g/mol. The third kappa shape index (κ3) is 3.31. The molecule has 7 heteroatoms. The highest BCUT2D eigenvalue weighted by atomic mass is 16.5. The van der Waals surface area contributed by atoms with Crippen LogP contribution in [0.2, 0.25) is 0 Å². The maximum atomic E-state index is 12.0. The van der Waals surface area contributed by atoms with Crippen molar-refractivity contribution in [3.8, 4) is 23.0 Å². The van der Waals surface area contributed by atoms with Gasteiger partial charge in [-0.25, -0.2) is 0 Å². The molecule has 4 rings (SSSR count). The number of methoxy groups -OCH3 is 2. The van der Waals surface area contributed by atoms with Crippen molar-refractivity contribution >= 4 is 11.7 Å². The van der Waals surface area contributed by atoms with Gasteiger partial charge in [-0.15, -0.1) is 0 Å². The lowest BCUT2D eigenvalue weighted by Crippen LogP contribution is -2.22. The Morgan fingerprint density at radius 3 is 2.70 bits per heavy atom. The molecule has 1 atom stereocenters. The lowest BCUT2D eigenvalue weighted by atomic mass is 9.87. The van der Waals surface area contributed by atoms with E-state index in [4.69, 9.17) is 14.2 Å². The third-order valence-electron chi connectivity index (χ3n) is 4.55. The van der Waals surface area contributed by atoms with Gasteiger partial charge in [-0.1, -0.05) is 12.1 Å². The fraction of sp³-hybridized carbons (Fsp3) is 0.200. The summed E-state index contributed by atoms with van der Waals surface area (Å²) in [5, 5.41) is 9.68. The van der Waals surface area contributed by atoms with E-state index in [0.717, 1.165) is 11.1 Å². The quantitative estimate of drug-likeness (QED) is 0.720. The number of amides is 1. The number of anilines is 1. The molecule has 2 aromatic carbocycles. The van der Waals surface area contributed by atoms with Gasteiger partial charge in [-0.05, 0) is 29.8 Å². The van der Waals surface area contributed by atoms with Gasteiger partial charge in [0.1, 0.15) is 11.5 Å². The van der Waals surface area contributed by atoms with E-state index < -0.39 is 0 Å². The van der Waals surface area contributed by atoms with E-state index in [2.05, 4.69) is 15.5 Å². The summed E-state index contributed by atoms with van der Waals surface area (Å²) in [4.78, 5) is 12.0. The van der Waals surface area contributed by atoms with Crippen molar-refractivity contribution in [3.05, 3.63) is 59.8 Å². The summed E-state index contributed by atoms with van der Waals surface area (Å²) in [5.74, 6) is 2.96. The minimum Gasteiger partial charge on any atom is -0.497 e. The first kappa shape index (κ1) is 17.0. The molecule has 2 heterocycles. The van der Waals surface area contributed by atoms with E-state index in [0.29, 0.717) is 35.2 Å². The number of H-pyrrole nitrogens is 1. The van der Waals surface area contributed by atoms with Gasteiger partial charge in [-0.3, -0.25) is 9.89 Å². The molecule has 2 N–H and O–H groups in total. The van der Waals surface area contributed by atoms with E-state index in [-0.39, 0.29) is 11.8 Å². The van der Waals surface area contributed by atoms with Crippen LogP contribution in [0.4, 0.5) is 5.82 Å². The Morgan fingerprint density at radius 2 is 1.89 bits per heavy atom. The highest BCUT2D eigenvalue weighted by Crippen LogP contribution is 2.40. The van der Waals surface area contributed by atoms with Crippen LogP contribution in [-0.2, 0) is 4.79 Å². The minimum absolute atomic E-state index is 0.0599. The molecule has 138 valence electrons. The lowest BCUT2D eigenvalue weighted by molar-refractivity contribution is -0.116. The minimum atomic E-state index is -0.0905. The van der Waals surface area contributed by atoms with E-state index in [1.54, 1.807) is 20.3 Å². The molecular weight excluding hydrogens is 346 g/mol. The predicted molar refractivity (Wildman–Crippen MR) is 99.7 cm³/mol. The van der Waals surface area contributed by atoms with Gasteiger partial charge in [-0.2, -0.15) is 5.10 Å². The van der Waals surface area contributed by atoms with Crippen molar-refractivity contribution in [2.75, 3.05) is 19.5 Å². The first-order chi connectivity index (χ1) is 13.2. The van der Waals surface area contributed by atoms with Crippen molar-refractivity contribution in [1.29, 1.82) is 0 Å². The van der Waals surface area contributed by atoms with Crippen LogP contribution >= 0.6 is 0 Å². The summed E-state index contributed by atoms with van der Waals surface area (Å²) in [6, 6.07) is 13.0. The molecule has 1 aromatic heterocycles. The second kappa shape index (κ2) is 7.03. The molecule has 1 aliphatic heterocycles. The zero-order chi connectivity index (χ0) is 18.8. The van der Waals surface area contributed by atoms with Gasteiger partial charge in [0.05, 0.1) is 14.2 Å². The predicted octanol–water partition coefficient (Wildman–Crippen LogP) is 3.69. The molecule has 0 saturated carbocycles. The largest absolute Gasteiger partial charge is 0.497 e. The molecule has 1 unspecified atom stereocenters. The zero-order valence-corrected chi connectivity index (χ0v) is 15.0. The van der Waals surface area contributed by atoms with Crippen molar-refractivity contribution in [2.45, 2.75) is 12.3 Å². The summed E-state index contributed by atoms with van der Waals surface area (Å²) in [6.07, 6.45) is 2.17. The Labute approximate surface area is 156 Å². The summed E-state index contributed by atoms with van der Waals surface area (Å²) in [6.45, 7) is 0. The first-order valence-corrected chi connectivity index (χ1v) is 8.51. The molecule has 1 amide bonds. The van der Waals surface area contributed by atoms with Crippen LogP contribution in [0.15, 0.2) is 48.7 Å². The third-order valence-corrected chi connectivity index (χ3v) is 4.55. The second-order valence-electron chi connectivity index (χ2n) is 6.19. The van der Waals surface area contributed by atoms with Gasteiger partial charge in [0.15, 0.2) is 17.3 Å². The van der Waals surface area contributed by atoms with Crippen LogP contribution in [0.5, 0.6) is 23.0 Å². The van der Waals surface area contributed by atoms with Gasteiger partial charge in [0.2, 0.25) is 5.91 Å². The molecule has 1 aliphatic rings. The van der Waals surface area contributed by atoms with Crippen molar-refractivity contribution < 1.29 is 19.0 Å². The molecule has 0 spiro atoms. The summed E-state index contributed by atoms with van der Waals surface area (Å²) in [5.41, 5.74) is 1.92. The number of hydrogen-bond acceptors (Lipinski definition) is 5. The van der Waals surface area contributed by atoms with Crippen LogP contribution in [0, 0.1) is 0 Å². The van der Waals surface area contributed by atoms with E-state index in [9.17, 15) is 4.79 Å². The second-order valence-corrected chi connectivity index (χ2v) is 6.19. The highest BCUT2D eigenvalue weighted by Gasteiger charge is 2.29. The molecule has 0 saturated heterocycles. The molecule has 27 heavy (non-hydrogen) atoms. The van der Waals surface area contributed by atoms with Crippen molar-refractivity contribution in [3.63, 3.8) is 0 Å². The average molecular weight is 365 g/mol. The van der Waals surface area contributed by atoms with Crippen LogP contribution in [0.1, 0.15) is 23.5 Å². The Balaban J connectivity index is 1.65. The lowest BCUT2D eigenvalue weighted by Gasteiger charge is -2.23. The van der Waals surface area contributed by atoms with Gasteiger partial charge < -0.3 is 19.5 Å². The van der Waals surface area contributed by atoms with Crippen LogP contribution in [0.3, 0.4) is 0 Å². The number of benzene rings is 2. The van der Waals surface area contributed by atoms with Gasteiger partial charge in [0, 0.05) is 30.2 Å². The molecular formula is C20H19N3O4. The maximum Gasteiger partial charge on any atom is 0.226 e. The Kier molecular flexibility index (Phi) is 4.42. The molecule has 0 radical (unpaired) electrons. The topological polar surface area (TPSA) is 85.5 Å². The standard InChI is InChI=1S/C20H19N3O4/c1-25-13-4-3-5-14(9-13)27-17-7-6-12(8-18(17)26-2)15-10-19(24)22-20-16(15)11-21-23-20/h3-9,11,15H,10H2,1-2H3,(H2,21,22,23,24). The number of fused-ring (bicyclic) bond motifs is 1. The Morgan fingerprint density at radius 1 is 1.04 bits per heavy atom. The number of aromatic nitrogens is 2. The molecule has 3 aromatic rings. The van der Waals surface area contributed by atoms with Crippen LogP contribution < -0.4 is 19.5 Å². The molecule has 7 nitrogen and oxygen atoms in total. The highest BCUT2D eigenvalue weighted by molar-refractivity contribution is 5.94. The number of aromatic amines is 1. The molecule has 0 fully saturated rings. The number of nitrogens with one attached hydrogen (secondary N) is 2. The Hall–Kier alpha value is -3.48. The van der Waals surface area contributed by atoms with Gasteiger partial charge >= 0.3 is 0 Å². The fourth-order valence-corrected chi connectivity index (χ4v) is 3.22. The number of carbonyl (C=O) groups is 1. The molecule has 0 aliphatic carbocycles. The van der Waals surface area contributed by atoms with E-state index >= 15 is 0 Å². The fourth-order valence-electron chi connectivity index (χ4n) is 3.22. The number of hydrogen-bond donors (Lipinski definition) is 2. The Bertz CT molecular complexity index is 983. The maximum absolute atomic E-state index is 12.0. The van der Waals surface area contributed by atoms with E-state index in [1.807, 2.05) is 42.6 Å². The van der Waals surface area contributed by atoms with Gasteiger partial charge in [0.25, 0.3) is 0 Å². The number of nitrogens with zero attached hydrogens (tertiary/aromatic N) is 1. The summed E-state index contributed by atoms with van der Waals surface area (Å²) < 4.78 is 16.7. The summed E-state index contributed by atoms with van der Waals surface area (Å²) >= 11 is 0. The zero-order valence-electron chi connectivity index (χ0n) is 15.0. The van der Waals surface area contributed by atoms with E-state index in [1.165, 1.54) is 0 Å². The number of carbonyl (C=O) groups excluding carboxylic acids is 1. The van der Waals surface area contributed by atoms with Crippen LogP contribution in [0.25, 0.3) is 0 Å². The average Bonchev–Trinajstić information content (AvgIpc) is 3.16. The van der Waals surface area contributed by atoms with Crippen molar-refractivity contribution in [2.24, 2.45) is 0 Å².